The van der Waals surface area contributed by atoms with Gasteiger partial charge in [-0.05, 0) is 73.3 Å². The smallest absolute Gasteiger partial charge is 0.317 e. The lowest BCUT2D eigenvalue weighted by atomic mass is 9.88. The Bertz CT molecular complexity index is 1330. The number of benzene rings is 3. The van der Waals surface area contributed by atoms with Crippen LogP contribution in [0.25, 0.3) is 0 Å². The van der Waals surface area contributed by atoms with E-state index in [1.54, 1.807) is 12.1 Å². The van der Waals surface area contributed by atoms with Crippen molar-refractivity contribution in [3.8, 4) is 0 Å². The molecule has 2 aliphatic rings. The van der Waals surface area contributed by atoms with E-state index in [0.29, 0.717) is 23.9 Å². The van der Waals surface area contributed by atoms with E-state index in [1.807, 2.05) is 53.2 Å². The van der Waals surface area contributed by atoms with Gasteiger partial charge in [0.2, 0.25) is 0 Å². The Morgan fingerprint density at radius 3 is 2.28 bits per heavy atom. The first-order valence-electron chi connectivity index (χ1n) is 15.8. The maximum Gasteiger partial charge on any atom is 0.317 e. The van der Waals surface area contributed by atoms with Gasteiger partial charge in [0.05, 0.1) is 0 Å². The van der Waals surface area contributed by atoms with Gasteiger partial charge >= 0.3 is 6.03 Å². The Hall–Kier alpha value is -3.71. The zero-order valence-electron chi connectivity index (χ0n) is 25.5. The third-order valence-electron chi connectivity index (χ3n) is 9.34. The molecule has 3 amide bonds. The molecule has 228 valence electrons. The van der Waals surface area contributed by atoms with E-state index >= 15 is 0 Å². The Kier molecular flexibility index (Phi) is 10.5. The lowest BCUT2D eigenvalue weighted by Gasteiger charge is -2.39. The summed E-state index contributed by atoms with van der Waals surface area (Å²) in [5.41, 5.74) is 2.82. The molecule has 1 saturated heterocycles. The molecule has 3 aromatic rings. The van der Waals surface area contributed by atoms with E-state index in [4.69, 9.17) is 0 Å². The first-order chi connectivity index (χ1) is 20.9. The summed E-state index contributed by atoms with van der Waals surface area (Å²) in [7, 11) is 1.86. The van der Waals surface area contributed by atoms with Gasteiger partial charge in [0, 0.05) is 57.4 Å². The number of hydrogen-bond acceptors (Lipinski definition) is 3. The SMILES string of the molecule is CCCN(C(=O)NCc1ccccc1)C1CCN(C[C@H]2CC(N(C)C(=O)c3cccc(F)c3)C[C@@H]2c2ccccc2)CC1. The Morgan fingerprint density at radius 1 is 0.907 bits per heavy atom. The summed E-state index contributed by atoms with van der Waals surface area (Å²) in [4.78, 5) is 32.9. The topological polar surface area (TPSA) is 55.9 Å². The van der Waals surface area contributed by atoms with Crippen molar-refractivity contribution in [3.63, 3.8) is 0 Å². The molecule has 1 aliphatic heterocycles. The summed E-state index contributed by atoms with van der Waals surface area (Å²) in [6.45, 7) is 6.31. The average molecular weight is 585 g/mol. The van der Waals surface area contributed by atoms with E-state index in [-0.39, 0.29) is 29.8 Å². The molecule has 1 saturated carbocycles. The number of nitrogens with zero attached hydrogens (tertiary/aromatic N) is 3. The second-order valence-electron chi connectivity index (χ2n) is 12.2. The van der Waals surface area contributed by atoms with Crippen LogP contribution in [0.2, 0.25) is 0 Å². The van der Waals surface area contributed by atoms with E-state index < -0.39 is 0 Å². The van der Waals surface area contributed by atoms with Crippen LogP contribution in [0.1, 0.15) is 66.4 Å². The van der Waals surface area contributed by atoms with Crippen LogP contribution in [0.15, 0.2) is 84.9 Å². The lowest BCUT2D eigenvalue weighted by molar-refractivity contribution is 0.0726. The van der Waals surface area contributed by atoms with E-state index in [9.17, 15) is 14.0 Å². The van der Waals surface area contributed by atoms with Gasteiger partial charge < -0.3 is 20.0 Å². The molecule has 1 unspecified atom stereocenters. The number of rotatable bonds is 10. The average Bonchev–Trinajstić information content (AvgIpc) is 3.47. The summed E-state index contributed by atoms with van der Waals surface area (Å²) in [6, 6.07) is 27.0. The molecule has 2 fully saturated rings. The minimum atomic E-state index is -0.389. The normalized spacial score (nSPS) is 21.0. The highest BCUT2D eigenvalue weighted by molar-refractivity contribution is 5.94. The first kappa shape index (κ1) is 30.7. The van der Waals surface area contributed by atoms with E-state index in [0.717, 1.165) is 63.8 Å². The van der Waals surface area contributed by atoms with E-state index in [1.165, 1.54) is 17.7 Å². The number of amides is 3. The lowest BCUT2D eigenvalue weighted by Crippen LogP contribution is -2.51. The highest BCUT2D eigenvalue weighted by atomic mass is 19.1. The zero-order chi connectivity index (χ0) is 30.2. The molecule has 3 aromatic carbocycles. The Labute approximate surface area is 255 Å². The molecule has 5 rings (SSSR count). The van der Waals surface area contributed by atoms with Gasteiger partial charge in [-0.3, -0.25) is 4.79 Å². The standard InChI is InChI=1S/C36H45FN4O2/c1-3-19-41(36(43)38-25-27-11-6-4-7-12-27)32-17-20-40(21-18-32)26-30-23-33(24-34(30)28-13-8-5-9-14-28)39(2)35(42)29-15-10-16-31(37)22-29/h4-16,22,30,32-34H,3,17-21,23-26H2,1-2H3,(H,38,43)/t30-,33?,34-/m1/s1. The van der Waals surface area contributed by atoms with Crippen molar-refractivity contribution in [1.82, 2.24) is 20.0 Å². The monoisotopic (exact) mass is 584 g/mol. The number of hydrogen-bond donors (Lipinski definition) is 1. The number of likely N-dealkylation sites (tertiary alicyclic amines) is 1. The molecular formula is C36H45FN4O2. The van der Waals surface area contributed by atoms with Crippen LogP contribution in [0.3, 0.4) is 0 Å². The highest BCUT2D eigenvalue weighted by Gasteiger charge is 2.40. The quantitative estimate of drug-likeness (QED) is 0.294. The van der Waals surface area contributed by atoms with Gasteiger partial charge in [0.1, 0.15) is 5.82 Å². The maximum atomic E-state index is 13.8. The van der Waals surface area contributed by atoms with Crippen LogP contribution in [-0.4, -0.2) is 71.9 Å². The van der Waals surface area contributed by atoms with Gasteiger partial charge in [-0.25, -0.2) is 9.18 Å². The minimum Gasteiger partial charge on any atom is -0.339 e. The van der Waals surface area contributed by atoms with Gasteiger partial charge in [-0.1, -0.05) is 73.7 Å². The summed E-state index contributed by atoms with van der Waals surface area (Å²) in [6.07, 6.45) is 4.67. The second-order valence-corrected chi connectivity index (χ2v) is 12.2. The largest absolute Gasteiger partial charge is 0.339 e. The van der Waals surface area contributed by atoms with Gasteiger partial charge in [-0.15, -0.1) is 0 Å². The molecule has 0 aromatic heterocycles. The molecular weight excluding hydrogens is 539 g/mol. The fourth-order valence-electron chi connectivity index (χ4n) is 7.02. The van der Waals surface area contributed by atoms with Crippen molar-refractivity contribution < 1.29 is 14.0 Å². The van der Waals surface area contributed by atoms with Gasteiger partial charge in [0.15, 0.2) is 0 Å². The highest BCUT2D eigenvalue weighted by Crippen LogP contribution is 2.42. The second kappa shape index (κ2) is 14.6. The number of nitrogens with one attached hydrogen (secondary N) is 1. The van der Waals surface area contributed by atoms with Crippen molar-refractivity contribution in [2.24, 2.45) is 5.92 Å². The number of halogens is 1. The summed E-state index contributed by atoms with van der Waals surface area (Å²) in [5.74, 6) is 0.249. The number of piperidine rings is 1. The summed E-state index contributed by atoms with van der Waals surface area (Å²) in [5, 5.41) is 3.13. The van der Waals surface area contributed by atoms with Crippen LogP contribution in [0, 0.1) is 11.7 Å². The van der Waals surface area contributed by atoms with Crippen molar-refractivity contribution in [2.75, 3.05) is 33.2 Å². The predicted octanol–water partition coefficient (Wildman–Crippen LogP) is 6.55. The van der Waals surface area contributed by atoms with Crippen LogP contribution in [-0.2, 0) is 6.54 Å². The van der Waals surface area contributed by atoms with Crippen LogP contribution in [0.4, 0.5) is 9.18 Å². The Morgan fingerprint density at radius 2 is 1.60 bits per heavy atom. The third-order valence-corrected chi connectivity index (χ3v) is 9.34. The fraction of sp³-hybridized carbons (Fsp3) is 0.444. The van der Waals surface area contributed by atoms with Crippen molar-refractivity contribution in [2.45, 2.75) is 63.6 Å². The van der Waals surface area contributed by atoms with Crippen LogP contribution < -0.4 is 5.32 Å². The third kappa shape index (κ3) is 7.82. The molecule has 1 N–H and O–H groups in total. The fourth-order valence-corrected chi connectivity index (χ4v) is 7.02. The molecule has 1 aliphatic carbocycles. The van der Waals surface area contributed by atoms with Gasteiger partial charge in [-0.2, -0.15) is 0 Å². The van der Waals surface area contributed by atoms with Crippen LogP contribution >= 0.6 is 0 Å². The van der Waals surface area contributed by atoms with Gasteiger partial charge in [0.25, 0.3) is 5.91 Å². The first-order valence-corrected chi connectivity index (χ1v) is 15.8. The summed E-state index contributed by atoms with van der Waals surface area (Å²) >= 11 is 0. The number of urea groups is 1. The molecule has 0 radical (unpaired) electrons. The summed E-state index contributed by atoms with van der Waals surface area (Å²) < 4.78 is 13.8. The number of carbonyl (C=O) groups is 2. The predicted molar refractivity (Wildman–Crippen MR) is 169 cm³/mol. The number of carbonyl (C=O) groups excluding carboxylic acids is 2. The molecule has 1 heterocycles. The van der Waals surface area contributed by atoms with Crippen molar-refractivity contribution in [1.29, 1.82) is 0 Å². The van der Waals surface area contributed by atoms with Crippen molar-refractivity contribution >= 4 is 11.9 Å². The minimum absolute atomic E-state index is 0.0259. The maximum absolute atomic E-state index is 13.8. The molecule has 6 nitrogen and oxygen atoms in total. The molecule has 3 atom stereocenters. The van der Waals surface area contributed by atoms with Crippen molar-refractivity contribution in [3.05, 3.63) is 107 Å². The van der Waals surface area contributed by atoms with E-state index in [2.05, 4.69) is 41.4 Å². The zero-order valence-corrected chi connectivity index (χ0v) is 25.5. The van der Waals surface area contributed by atoms with Crippen LogP contribution in [0.5, 0.6) is 0 Å². The molecule has 7 heteroatoms. The Balaban J connectivity index is 1.20. The molecule has 0 spiro atoms. The molecule has 43 heavy (non-hydrogen) atoms. The molecule has 0 bridgehead atoms.